The summed E-state index contributed by atoms with van der Waals surface area (Å²) in [6.45, 7) is 35.9. The second kappa shape index (κ2) is 11.1. The highest BCUT2D eigenvalue weighted by Gasteiger charge is 2.35. The normalized spacial score (nSPS) is 14.7. The molecule has 0 heterocycles. The Labute approximate surface area is 379 Å². The van der Waals surface area contributed by atoms with Crippen molar-refractivity contribution in [2.24, 2.45) is 0 Å². The molecule has 0 aliphatic rings. The molecule has 0 radical (unpaired) electrons. The summed E-state index contributed by atoms with van der Waals surface area (Å²) in [5, 5.41) is 34.1. The van der Waals surface area contributed by atoms with Crippen molar-refractivity contribution in [2.75, 3.05) is 0 Å². The number of rotatable bonds is 0. The molecule has 0 N–H and O–H groups in total. The van der Waals surface area contributed by atoms with Crippen LogP contribution in [0.1, 0.15) is 132 Å². The fourth-order valence-corrected chi connectivity index (χ4v) is 12.9. The molecule has 0 atom stereocenters. The van der Waals surface area contributed by atoms with E-state index in [1.807, 2.05) is 0 Å². The minimum absolute atomic E-state index is 0.0417. The van der Waals surface area contributed by atoms with Gasteiger partial charge in [0.25, 0.3) is 0 Å². The Morgan fingerprint density at radius 1 is 0.206 bits per heavy atom. The van der Waals surface area contributed by atoms with Gasteiger partial charge in [0.2, 0.25) is 0 Å². The van der Waals surface area contributed by atoms with Gasteiger partial charge in [-0.05, 0) is 257 Å². The average molecular weight is 882 g/mol. The van der Waals surface area contributed by atoms with Gasteiger partial charge in [-0.2, -0.15) is 0 Å². The zero-order valence-electron chi connectivity index (χ0n) is 39.8. The van der Waals surface area contributed by atoms with Crippen LogP contribution in [-0.2, 0) is 27.1 Å². The first-order valence-corrected chi connectivity index (χ1v) is 24.2. The lowest BCUT2D eigenvalue weighted by Crippen LogP contribution is -2.14. The van der Waals surface area contributed by atoms with Crippen molar-refractivity contribution in [3.8, 4) is 0 Å². The molecule has 13 aromatic carbocycles. The Morgan fingerprint density at radius 2 is 0.333 bits per heavy atom. The summed E-state index contributed by atoms with van der Waals surface area (Å²) >= 11 is 4.14. The minimum atomic E-state index is -0.0437. The van der Waals surface area contributed by atoms with Crippen LogP contribution >= 0.6 is 15.9 Å². The lowest BCUT2D eigenvalue weighted by Gasteiger charge is -2.32. The molecule has 0 saturated heterocycles. The second-order valence-electron chi connectivity index (χ2n) is 25.1. The van der Waals surface area contributed by atoms with Gasteiger partial charge in [0.1, 0.15) is 0 Å². The van der Waals surface area contributed by atoms with E-state index < -0.39 is 0 Å². The van der Waals surface area contributed by atoms with Crippen LogP contribution < -0.4 is 0 Å². The molecule has 0 aliphatic heterocycles. The molecule has 0 fully saturated rings. The van der Waals surface area contributed by atoms with Crippen molar-refractivity contribution < 1.29 is 0 Å². The van der Waals surface area contributed by atoms with Gasteiger partial charge in [0.15, 0.2) is 0 Å². The molecule has 13 aromatic rings. The maximum absolute atomic E-state index is 4.14. The van der Waals surface area contributed by atoms with Gasteiger partial charge in [0, 0.05) is 4.47 Å². The molecule has 1 heteroatoms. The van der Waals surface area contributed by atoms with E-state index in [1.165, 1.54) is 157 Å². The predicted octanol–water partition coefficient (Wildman–Crippen LogP) is 19.4. The van der Waals surface area contributed by atoms with Gasteiger partial charge in [-0.1, -0.05) is 120 Å². The summed E-state index contributed by atoms with van der Waals surface area (Å²) in [4.78, 5) is 0. The fraction of sp³-hybridized carbons (Fsp3) is 0.323. The topological polar surface area (TPSA) is 0 Å². The van der Waals surface area contributed by atoms with E-state index in [9.17, 15) is 0 Å². The van der Waals surface area contributed by atoms with Crippen molar-refractivity contribution >= 4 is 145 Å². The van der Waals surface area contributed by atoms with Crippen LogP contribution in [0.4, 0.5) is 0 Å². The summed E-state index contributed by atoms with van der Waals surface area (Å²) in [5.74, 6) is 0. The van der Waals surface area contributed by atoms with Crippen LogP contribution in [0.5, 0.6) is 0 Å². The van der Waals surface area contributed by atoms with Crippen LogP contribution in [0.2, 0.25) is 0 Å². The zero-order valence-corrected chi connectivity index (χ0v) is 41.4. The third-order valence-corrected chi connectivity index (χ3v) is 16.3. The highest BCUT2D eigenvalue weighted by Crippen LogP contribution is 2.62. The molecule has 0 aromatic heterocycles. The maximum Gasteiger partial charge on any atom is 0.0188 e. The van der Waals surface area contributed by atoms with Gasteiger partial charge >= 0.3 is 0 Å². The monoisotopic (exact) mass is 880 g/mol. The molecule has 312 valence electrons. The smallest absolute Gasteiger partial charge is 0.0188 e. The molecule has 0 aliphatic carbocycles. The Kier molecular flexibility index (Phi) is 6.77. The van der Waals surface area contributed by atoms with E-state index in [0.29, 0.717) is 0 Å². The highest BCUT2D eigenvalue weighted by molar-refractivity contribution is 9.10. The molecule has 63 heavy (non-hydrogen) atoms. The first-order valence-electron chi connectivity index (χ1n) is 23.4. The van der Waals surface area contributed by atoms with Crippen LogP contribution in [0.15, 0.2) is 77.3 Å². The Hall–Kier alpha value is -4.98. The quantitative estimate of drug-likeness (QED) is 0.105. The Balaban J connectivity index is 1.51. The third-order valence-electron chi connectivity index (χ3n) is 15.9. The molecule has 0 saturated carbocycles. The van der Waals surface area contributed by atoms with Gasteiger partial charge in [-0.3, -0.25) is 0 Å². The Morgan fingerprint density at radius 3 is 0.460 bits per heavy atom. The molecule has 0 bridgehead atoms. The van der Waals surface area contributed by atoms with Gasteiger partial charge in [-0.15, -0.1) is 0 Å². The molecule has 13 rings (SSSR count). The van der Waals surface area contributed by atoms with E-state index >= 15 is 0 Å². The zero-order chi connectivity index (χ0) is 44.3. The lowest BCUT2D eigenvalue weighted by molar-refractivity contribution is 0.591. The molecular weight excluding hydrogens is 825 g/mol. The maximum atomic E-state index is 4.14. The van der Waals surface area contributed by atoms with Crippen molar-refractivity contribution in [3.05, 3.63) is 105 Å². The molecule has 0 nitrogen and oxygen atoms in total. The number of hydrogen-bond donors (Lipinski definition) is 0. The number of fused-ring (bicyclic) bond motifs is 6. The van der Waals surface area contributed by atoms with Crippen LogP contribution in [0.3, 0.4) is 0 Å². The SMILES string of the molecule is CC(C)(C)c1cc2c3cc(Br)cc4c5cc(C(C)(C)C)cc6c7cc(C(C)(C)C)cc8c9cc(C(C)(C)C)cc%10c%11cc(C(C)(C)C)cc%12c(c1)c2c1c(c34)c(c56)c(c78)c(c%109)c1c%12%11. The van der Waals surface area contributed by atoms with E-state index in [-0.39, 0.29) is 27.1 Å². The van der Waals surface area contributed by atoms with Crippen molar-refractivity contribution in [2.45, 2.75) is 131 Å². The van der Waals surface area contributed by atoms with Gasteiger partial charge < -0.3 is 0 Å². The first-order chi connectivity index (χ1) is 29.3. The average Bonchev–Trinajstić information content (AvgIpc) is 3.18. The van der Waals surface area contributed by atoms with Crippen molar-refractivity contribution in [1.29, 1.82) is 0 Å². The lowest BCUT2D eigenvalue weighted by atomic mass is 9.70. The van der Waals surface area contributed by atoms with E-state index in [1.54, 1.807) is 0 Å². The number of benzene rings is 13. The van der Waals surface area contributed by atoms with Crippen LogP contribution in [0, 0.1) is 0 Å². The van der Waals surface area contributed by atoms with Crippen LogP contribution in [-0.4, -0.2) is 0 Å². The standard InChI is InChI=1S/C62H57Br/c1-58(2,3)28-16-34-36-18-29(59(4,5)6)20-38-40-22-31(61(10,11)12)24-42-44-26-33(63)27-45-43-25-32(62(13,14)15)23-41-39-21-30(60(7,8)9)19-37-35(17-28)46(34)52-53(47(36)38)55(49(40)42)57(51(44)45)56(50(41)43)54(52)48(37)39/h16-27H,1-15H3. The highest BCUT2D eigenvalue weighted by atomic mass is 79.9. The summed E-state index contributed by atoms with van der Waals surface area (Å²) < 4.78 is 1.14. The van der Waals surface area contributed by atoms with E-state index in [0.717, 1.165) is 4.47 Å². The molecule has 0 unspecified atom stereocenters. The van der Waals surface area contributed by atoms with E-state index in [2.05, 4.69) is 193 Å². The largest absolute Gasteiger partial charge is 0.0561 e. The third kappa shape index (κ3) is 4.63. The summed E-state index contributed by atoms with van der Waals surface area (Å²) in [6, 6.07) is 30.9. The summed E-state index contributed by atoms with van der Waals surface area (Å²) in [7, 11) is 0. The van der Waals surface area contributed by atoms with E-state index in [4.69, 9.17) is 0 Å². The number of hydrogen-bond acceptors (Lipinski definition) is 0. The first kappa shape index (κ1) is 38.5. The van der Waals surface area contributed by atoms with Crippen LogP contribution in [0.25, 0.3) is 129 Å². The number of halogens is 1. The summed E-state index contributed by atoms with van der Waals surface area (Å²) in [5.41, 5.74) is 6.77. The van der Waals surface area contributed by atoms with Crippen molar-refractivity contribution in [1.82, 2.24) is 0 Å². The molecule has 0 spiro atoms. The van der Waals surface area contributed by atoms with Crippen molar-refractivity contribution in [3.63, 3.8) is 0 Å². The fourth-order valence-electron chi connectivity index (χ4n) is 12.4. The minimum Gasteiger partial charge on any atom is -0.0561 e. The predicted molar refractivity (Wildman–Crippen MR) is 285 cm³/mol. The summed E-state index contributed by atoms with van der Waals surface area (Å²) in [6.07, 6.45) is 0. The Bertz CT molecular complexity index is 3870. The van der Waals surface area contributed by atoms with Gasteiger partial charge in [-0.25, -0.2) is 0 Å². The second-order valence-corrected chi connectivity index (χ2v) is 26.0. The molecular formula is C62H57Br. The van der Waals surface area contributed by atoms with Gasteiger partial charge in [0.05, 0.1) is 0 Å². The molecule has 0 amide bonds.